The van der Waals surface area contributed by atoms with Crippen molar-refractivity contribution in [3.8, 4) is 0 Å². The van der Waals surface area contributed by atoms with E-state index in [1.54, 1.807) is 6.07 Å². The molecule has 2 aromatic rings. The van der Waals surface area contributed by atoms with E-state index in [2.05, 4.69) is 27.7 Å². The molecule has 0 spiro atoms. The topological polar surface area (TPSA) is 61.4 Å². The summed E-state index contributed by atoms with van der Waals surface area (Å²) in [5.41, 5.74) is 3.99. The molecule has 2 amide bonds. The van der Waals surface area contributed by atoms with Gasteiger partial charge in [0.1, 0.15) is 0 Å². The largest absolute Gasteiger partial charge is 0.353 e. The van der Waals surface area contributed by atoms with E-state index in [0.29, 0.717) is 12.1 Å². The van der Waals surface area contributed by atoms with Crippen LogP contribution in [-0.4, -0.2) is 49.9 Å². The molecular formula is C22H29N3O2. The lowest BCUT2D eigenvalue weighted by Crippen LogP contribution is -2.44. The highest BCUT2D eigenvalue weighted by molar-refractivity contribution is 5.96. The van der Waals surface area contributed by atoms with Crippen molar-refractivity contribution in [2.45, 2.75) is 26.3 Å². The summed E-state index contributed by atoms with van der Waals surface area (Å²) in [7, 11) is 4.00. The van der Waals surface area contributed by atoms with Gasteiger partial charge in [0, 0.05) is 18.2 Å². The molecule has 2 rings (SSSR count). The van der Waals surface area contributed by atoms with Crippen molar-refractivity contribution < 1.29 is 9.59 Å². The molecule has 0 bridgehead atoms. The Morgan fingerprint density at radius 2 is 1.67 bits per heavy atom. The maximum Gasteiger partial charge on any atom is 0.251 e. The summed E-state index contributed by atoms with van der Waals surface area (Å²) in [6, 6.07) is 15.9. The van der Waals surface area contributed by atoms with Crippen LogP contribution in [0.2, 0.25) is 0 Å². The Labute approximate surface area is 161 Å². The monoisotopic (exact) mass is 367 g/mol. The van der Waals surface area contributed by atoms with Crippen LogP contribution in [0.3, 0.4) is 0 Å². The maximum atomic E-state index is 12.2. The van der Waals surface area contributed by atoms with Crippen molar-refractivity contribution in [1.82, 2.24) is 15.5 Å². The van der Waals surface area contributed by atoms with E-state index >= 15 is 0 Å². The average molecular weight is 367 g/mol. The lowest BCUT2D eigenvalue weighted by atomic mass is 10.1. The van der Waals surface area contributed by atoms with Gasteiger partial charge in [-0.1, -0.05) is 36.4 Å². The minimum Gasteiger partial charge on any atom is -0.353 e. The van der Waals surface area contributed by atoms with Crippen molar-refractivity contribution in [1.29, 1.82) is 0 Å². The molecule has 144 valence electrons. The molecule has 0 saturated carbocycles. The smallest absolute Gasteiger partial charge is 0.251 e. The van der Waals surface area contributed by atoms with Gasteiger partial charge < -0.3 is 15.5 Å². The summed E-state index contributed by atoms with van der Waals surface area (Å²) in [4.78, 5) is 26.4. The van der Waals surface area contributed by atoms with Gasteiger partial charge >= 0.3 is 0 Å². The molecule has 1 atom stereocenters. The third-order valence-electron chi connectivity index (χ3n) is 4.76. The molecule has 0 radical (unpaired) electrons. The number of nitrogens with one attached hydrogen (secondary N) is 2. The molecule has 0 aromatic heterocycles. The Hall–Kier alpha value is -2.66. The first-order valence-corrected chi connectivity index (χ1v) is 9.19. The fraction of sp³-hybridized carbons (Fsp3) is 0.364. The summed E-state index contributed by atoms with van der Waals surface area (Å²) in [6.45, 7) is 4.46. The number of carbonyl (C=O) groups excluding carboxylic acids is 2. The van der Waals surface area contributed by atoms with Crippen molar-refractivity contribution in [3.63, 3.8) is 0 Å². The van der Waals surface area contributed by atoms with E-state index in [1.165, 1.54) is 5.56 Å². The maximum absolute atomic E-state index is 12.2. The first-order chi connectivity index (χ1) is 12.9. The van der Waals surface area contributed by atoms with E-state index < -0.39 is 0 Å². The Kier molecular flexibility index (Phi) is 7.55. The summed E-state index contributed by atoms with van der Waals surface area (Å²) in [6.07, 6.45) is 0.850. The number of likely N-dealkylation sites (N-methyl/N-ethyl adjacent to an activating group) is 1. The number of amides is 2. The second-order valence-electron chi connectivity index (χ2n) is 7.09. The second-order valence-corrected chi connectivity index (χ2v) is 7.09. The van der Waals surface area contributed by atoms with Crippen LogP contribution in [0.4, 0.5) is 0 Å². The van der Waals surface area contributed by atoms with Crippen LogP contribution in [0.25, 0.3) is 0 Å². The van der Waals surface area contributed by atoms with Gasteiger partial charge in [-0.2, -0.15) is 0 Å². The third kappa shape index (κ3) is 6.53. The van der Waals surface area contributed by atoms with E-state index in [4.69, 9.17) is 0 Å². The average Bonchev–Trinajstić information content (AvgIpc) is 2.65. The van der Waals surface area contributed by atoms with Crippen LogP contribution < -0.4 is 10.6 Å². The van der Waals surface area contributed by atoms with Crippen LogP contribution in [0.1, 0.15) is 27.0 Å². The zero-order valence-electron chi connectivity index (χ0n) is 16.6. The van der Waals surface area contributed by atoms with E-state index in [0.717, 1.165) is 17.5 Å². The van der Waals surface area contributed by atoms with Gasteiger partial charge in [0.05, 0.1) is 6.54 Å². The van der Waals surface area contributed by atoms with E-state index in [1.807, 2.05) is 58.3 Å². The van der Waals surface area contributed by atoms with E-state index in [-0.39, 0.29) is 24.4 Å². The van der Waals surface area contributed by atoms with E-state index in [9.17, 15) is 9.59 Å². The minimum atomic E-state index is -0.235. The van der Waals surface area contributed by atoms with Crippen LogP contribution in [0.5, 0.6) is 0 Å². The summed E-state index contributed by atoms with van der Waals surface area (Å²) < 4.78 is 0. The fourth-order valence-electron chi connectivity index (χ4n) is 2.76. The predicted molar refractivity (Wildman–Crippen MR) is 109 cm³/mol. The molecule has 5 heteroatoms. The number of nitrogens with zero attached hydrogens (tertiary/aromatic N) is 1. The highest BCUT2D eigenvalue weighted by Crippen LogP contribution is 2.09. The quantitative estimate of drug-likeness (QED) is 0.753. The first-order valence-electron chi connectivity index (χ1n) is 9.19. The molecule has 0 aliphatic heterocycles. The highest BCUT2D eigenvalue weighted by atomic mass is 16.2. The molecule has 0 saturated heterocycles. The van der Waals surface area contributed by atoms with Gasteiger partial charge in [0.25, 0.3) is 5.91 Å². The summed E-state index contributed by atoms with van der Waals surface area (Å²) >= 11 is 0. The Bertz CT molecular complexity index is 772. The predicted octanol–water partition coefficient (Wildman–Crippen LogP) is 2.32. The Morgan fingerprint density at radius 1 is 0.963 bits per heavy atom. The zero-order chi connectivity index (χ0) is 19.8. The second kappa shape index (κ2) is 9.88. The molecule has 0 heterocycles. The molecular weight excluding hydrogens is 338 g/mol. The van der Waals surface area contributed by atoms with Crippen LogP contribution in [0, 0.1) is 13.8 Å². The van der Waals surface area contributed by atoms with Gasteiger partial charge in [-0.05, 0) is 63.2 Å². The van der Waals surface area contributed by atoms with Crippen molar-refractivity contribution >= 4 is 11.8 Å². The standard InChI is InChI=1S/C22H29N3O2/c1-16-10-11-19(12-17(16)2)22(27)24-15-21(26)23-14-20(25(3)4)13-18-8-6-5-7-9-18/h5-12,20H,13-15H2,1-4H3,(H,23,26)(H,24,27). The summed E-state index contributed by atoms with van der Waals surface area (Å²) in [5, 5.41) is 5.60. The number of hydrogen-bond acceptors (Lipinski definition) is 3. The van der Waals surface area contributed by atoms with Crippen molar-refractivity contribution in [3.05, 3.63) is 70.8 Å². The van der Waals surface area contributed by atoms with Crippen LogP contribution in [-0.2, 0) is 11.2 Å². The normalized spacial score (nSPS) is 11.9. The SMILES string of the molecule is Cc1ccc(C(=O)NCC(=O)NCC(Cc2ccccc2)N(C)C)cc1C. The Morgan fingerprint density at radius 3 is 2.30 bits per heavy atom. The number of rotatable bonds is 8. The number of aryl methyl sites for hydroxylation is 2. The van der Waals surface area contributed by atoms with Gasteiger partial charge in [-0.15, -0.1) is 0 Å². The molecule has 2 N–H and O–H groups in total. The number of benzene rings is 2. The van der Waals surface area contributed by atoms with Gasteiger partial charge in [-0.25, -0.2) is 0 Å². The molecule has 1 unspecified atom stereocenters. The van der Waals surface area contributed by atoms with Gasteiger partial charge in [0.2, 0.25) is 5.91 Å². The molecule has 27 heavy (non-hydrogen) atoms. The number of hydrogen-bond donors (Lipinski definition) is 2. The Balaban J connectivity index is 1.81. The van der Waals surface area contributed by atoms with Crippen LogP contribution >= 0.6 is 0 Å². The van der Waals surface area contributed by atoms with Gasteiger partial charge in [-0.3, -0.25) is 9.59 Å². The van der Waals surface area contributed by atoms with Crippen molar-refractivity contribution in [2.75, 3.05) is 27.2 Å². The molecule has 0 aliphatic carbocycles. The lowest BCUT2D eigenvalue weighted by molar-refractivity contribution is -0.120. The lowest BCUT2D eigenvalue weighted by Gasteiger charge is -2.24. The third-order valence-corrected chi connectivity index (χ3v) is 4.76. The summed E-state index contributed by atoms with van der Waals surface area (Å²) in [5.74, 6) is -0.422. The van der Waals surface area contributed by atoms with Gasteiger partial charge in [0.15, 0.2) is 0 Å². The molecule has 5 nitrogen and oxygen atoms in total. The zero-order valence-corrected chi connectivity index (χ0v) is 16.6. The highest BCUT2D eigenvalue weighted by Gasteiger charge is 2.14. The molecule has 2 aromatic carbocycles. The molecule has 0 aliphatic rings. The fourth-order valence-corrected chi connectivity index (χ4v) is 2.76. The molecule has 0 fully saturated rings. The van der Waals surface area contributed by atoms with Crippen molar-refractivity contribution in [2.24, 2.45) is 0 Å². The number of carbonyl (C=O) groups is 2. The first kappa shape index (κ1) is 20.6. The van der Waals surface area contributed by atoms with Crippen LogP contribution in [0.15, 0.2) is 48.5 Å². The minimum absolute atomic E-state index is 0.0305.